The molecule has 5 nitrogen and oxygen atoms in total. The van der Waals surface area contributed by atoms with Gasteiger partial charge in [-0.1, -0.05) is 6.07 Å². The topological polar surface area (TPSA) is 48.9 Å². The second-order valence-electron chi connectivity index (χ2n) is 5.94. The second kappa shape index (κ2) is 13.4. The Hall–Kier alpha value is -0.740. The van der Waals surface area contributed by atoms with Gasteiger partial charge in [0.1, 0.15) is 5.82 Å². The Bertz CT molecular complexity index is 556. The molecule has 1 aromatic rings. The SMILES string of the molecule is CN=C(NCCCCSC)NCc1ccc(N2CCOCC2)c(F)c1.I. The van der Waals surface area contributed by atoms with Gasteiger partial charge in [-0.15, -0.1) is 24.0 Å². The third kappa shape index (κ3) is 7.87. The minimum absolute atomic E-state index is 0. The number of aliphatic imine (C=N–C) groups is 1. The van der Waals surface area contributed by atoms with Crippen LogP contribution in [-0.4, -0.2) is 57.9 Å². The first-order chi connectivity index (χ1) is 12.2. The van der Waals surface area contributed by atoms with Crippen molar-refractivity contribution in [2.24, 2.45) is 4.99 Å². The molecule has 0 bridgehead atoms. The zero-order chi connectivity index (χ0) is 17.9. The number of guanidine groups is 1. The Balaban J connectivity index is 0.00000338. The standard InChI is InChI=1S/C18H29FN4OS.HI/c1-20-18(21-7-3-4-12-25-2)22-14-15-5-6-17(16(19)13-15)23-8-10-24-11-9-23;/h5-6,13H,3-4,7-12,14H2,1-2H3,(H2,20,21,22);1H. The third-order valence-corrected chi connectivity index (χ3v) is 4.81. The van der Waals surface area contributed by atoms with Crippen molar-refractivity contribution in [3.8, 4) is 0 Å². The van der Waals surface area contributed by atoms with E-state index in [9.17, 15) is 4.39 Å². The number of nitrogens with zero attached hydrogens (tertiary/aromatic N) is 2. The van der Waals surface area contributed by atoms with Crippen molar-refractivity contribution in [1.29, 1.82) is 0 Å². The molecule has 1 aliphatic rings. The molecule has 1 heterocycles. The van der Waals surface area contributed by atoms with E-state index >= 15 is 0 Å². The van der Waals surface area contributed by atoms with Gasteiger partial charge in [-0.2, -0.15) is 11.8 Å². The lowest BCUT2D eigenvalue weighted by Crippen LogP contribution is -2.37. The molecule has 0 radical (unpaired) electrons. The number of halogens is 2. The Morgan fingerprint density at radius 3 is 2.69 bits per heavy atom. The lowest BCUT2D eigenvalue weighted by molar-refractivity contribution is 0.122. The maximum absolute atomic E-state index is 14.4. The van der Waals surface area contributed by atoms with Gasteiger partial charge in [0.05, 0.1) is 18.9 Å². The summed E-state index contributed by atoms with van der Waals surface area (Å²) >= 11 is 1.87. The molecule has 0 unspecified atom stereocenters. The minimum Gasteiger partial charge on any atom is -0.378 e. The average molecular weight is 496 g/mol. The van der Waals surface area contributed by atoms with Crippen LogP contribution in [0.15, 0.2) is 23.2 Å². The normalized spacial score (nSPS) is 14.7. The van der Waals surface area contributed by atoms with Crippen molar-refractivity contribution in [3.63, 3.8) is 0 Å². The minimum atomic E-state index is -0.179. The number of hydrogen-bond acceptors (Lipinski definition) is 4. The van der Waals surface area contributed by atoms with Gasteiger partial charge < -0.3 is 20.3 Å². The van der Waals surface area contributed by atoms with Crippen LogP contribution < -0.4 is 15.5 Å². The molecule has 0 amide bonds. The number of ether oxygens (including phenoxy) is 1. The highest BCUT2D eigenvalue weighted by Gasteiger charge is 2.15. The predicted molar refractivity (Wildman–Crippen MR) is 121 cm³/mol. The molecule has 2 rings (SSSR count). The van der Waals surface area contributed by atoms with Crippen molar-refractivity contribution in [2.75, 3.05) is 56.8 Å². The Kier molecular flexibility index (Phi) is 12.0. The molecule has 0 aliphatic carbocycles. The molecule has 1 saturated heterocycles. The fraction of sp³-hybridized carbons (Fsp3) is 0.611. The van der Waals surface area contributed by atoms with Crippen molar-refractivity contribution < 1.29 is 9.13 Å². The number of rotatable bonds is 8. The van der Waals surface area contributed by atoms with Crippen LogP contribution in [-0.2, 0) is 11.3 Å². The molecule has 1 aliphatic heterocycles. The zero-order valence-corrected chi connectivity index (χ0v) is 18.7. The fourth-order valence-electron chi connectivity index (χ4n) is 2.71. The number of anilines is 1. The number of benzene rings is 1. The molecular weight excluding hydrogens is 466 g/mol. The Morgan fingerprint density at radius 2 is 2.04 bits per heavy atom. The van der Waals surface area contributed by atoms with Crippen molar-refractivity contribution in [1.82, 2.24) is 10.6 Å². The number of unbranched alkanes of at least 4 members (excludes halogenated alkanes) is 1. The van der Waals surface area contributed by atoms with Crippen LogP contribution in [0.5, 0.6) is 0 Å². The molecule has 0 aromatic heterocycles. The molecule has 148 valence electrons. The highest BCUT2D eigenvalue weighted by Crippen LogP contribution is 2.21. The van der Waals surface area contributed by atoms with Gasteiger partial charge in [0, 0.05) is 33.2 Å². The van der Waals surface area contributed by atoms with E-state index in [2.05, 4.69) is 21.9 Å². The Morgan fingerprint density at radius 1 is 1.27 bits per heavy atom. The number of hydrogen-bond donors (Lipinski definition) is 2. The van der Waals surface area contributed by atoms with Gasteiger partial charge in [-0.3, -0.25) is 4.99 Å². The molecular formula is C18H30FIN4OS. The van der Waals surface area contributed by atoms with E-state index in [0.717, 1.165) is 37.6 Å². The van der Waals surface area contributed by atoms with E-state index in [4.69, 9.17) is 4.74 Å². The summed E-state index contributed by atoms with van der Waals surface area (Å²) in [5, 5.41) is 6.53. The average Bonchev–Trinajstić information content (AvgIpc) is 2.65. The van der Waals surface area contributed by atoms with E-state index in [1.54, 1.807) is 13.1 Å². The van der Waals surface area contributed by atoms with Gasteiger partial charge >= 0.3 is 0 Å². The molecule has 1 aromatic carbocycles. The highest BCUT2D eigenvalue weighted by molar-refractivity contribution is 14.0. The van der Waals surface area contributed by atoms with Crippen molar-refractivity contribution >= 4 is 47.4 Å². The summed E-state index contributed by atoms with van der Waals surface area (Å²) in [6, 6.07) is 5.42. The number of nitrogens with one attached hydrogen (secondary N) is 2. The molecule has 0 saturated carbocycles. The van der Waals surface area contributed by atoms with Crippen LogP contribution in [0.3, 0.4) is 0 Å². The summed E-state index contributed by atoms with van der Waals surface area (Å²) in [5.74, 6) is 1.76. The first-order valence-corrected chi connectivity index (χ1v) is 10.2. The fourth-order valence-corrected chi connectivity index (χ4v) is 3.20. The quantitative estimate of drug-likeness (QED) is 0.251. The largest absolute Gasteiger partial charge is 0.378 e. The smallest absolute Gasteiger partial charge is 0.191 e. The molecule has 0 spiro atoms. The number of morpholine rings is 1. The maximum Gasteiger partial charge on any atom is 0.191 e. The van der Waals surface area contributed by atoms with Gasteiger partial charge in [-0.05, 0) is 42.5 Å². The van der Waals surface area contributed by atoms with Crippen LogP contribution in [0.4, 0.5) is 10.1 Å². The summed E-state index contributed by atoms with van der Waals surface area (Å²) in [7, 11) is 1.75. The van der Waals surface area contributed by atoms with Crippen molar-refractivity contribution in [3.05, 3.63) is 29.6 Å². The van der Waals surface area contributed by atoms with E-state index in [0.29, 0.717) is 25.4 Å². The third-order valence-electron chi connectivity index (χ3n) is 4.12. The molecule has 8 heteroatoms. The van der Waals surface area contributed by atoms with E-state index < -0.39 is 0 Å². The molecule has 1 fully saturated rings. The summed E-state index contributed by atoms with van der Waals surface area (Å²) in [4.78, 5) is 6.24. The molecule has 26 heavy (non-hydrogen) atoms. The van der Waals surface area contributed by atoms with Gasteiger partial charge in [0.2, 0.25) is 0 Å². The van der Waals surface area contributed by atoms with Gasteiger partial charge in [0.25, 0.3) is 0 Å². The lowest BCUT2D eigenvalue weighted by Gasteiger charge is -2.29. The van der Waals surface area contributed by atoms with E-state index in [1.807, 2.05) is 28.8 Å². The van der Waals surface area contributed by atoms with Crippen LogP contribution in [0.2, 0.25) is 0 Å². The predicted octanol–water partition coefficient (Wildman–Crippen LogP) is 3.09. The van der Waals surface area contributed by atoms with Gasteiger partial charge in [0.15, 0.2) is 5.96 Å². The summed E-state index contributed by atoms with van der Waals surface area (Å²) in [6.45, 7) is 4.22. The van der Waals surface area contributed by atoms with Gasteiger partial charge in [-0.25, -0.2) is 4.39 Å². The molecule has 0 atom stereocenters. The monoisotopic (exact) mass is 496 g/mol. The molecule has 2 N–H and O–H groups in total. The zero-order valence-electron chi connectivity index (χ0n) is 15.6. The first-order valence-electron chi connectivity index (χ1n) is 8.79. The van der Waals surface area contributed by atoms with Crippen LogP contribution in [0.1, 0.15) is 18.4 Å². The highest BCUT2D eigenvalue weighted by atomic mass is 127. The van der Waals surface area contributed by atoms with Crippen LogP contribution in [0, 0.1) is 5.82 Å². The summed E-state index contributed by atoms with van der Waals surface area (Å²) < 4.78 is 19.7. The van der Waals surface area contributed by atoms with Crippen LogP contribution >= 0.6 is 35.7 Å². The second-order valence-corrected chi connectivity index (χ2v) is 6.92. The number of thioether (sulfide) groups is 1. The Labute approximate surface area is 177 Å². The summed E-state index contributed by atoms with van der Waals surface area (Å²) in [5.41, 5.74) is 1.56. The van der Waals surface area contributed by atoms with Crippen LogP contribution in [0.25, 0.3) is 0 Å². The first kappa shape index (κ1) is 23.3. The van der Waals surface area contributed by atoms with Crippen molar-refractivity contribution in [2.45, 2.75) is 19.4 Å². The maximum atomic E-state index is 14.4. The van der Waals surface area contributed by atoms with E-state index in [1.165, 1.54) is 12.2 Å². The lowest BCUT2D eigenvalue weighted by atomic mass is 10.1. The van der Waals surface area contributed by atoms with E-state index in [-0.39, 0.29) is 29.8 Å². The summed E-state index contributed by atoms with van der Waals surface area (Å²) in [6.07, 6.45) is 4.43.